The Morgan fingerprint density at radius 1 is 1.33 bits per heavy atom. The van der Waals surface area contributed by atoms with E-state index in [2.05, 4.69) is 52.7 Å². The summed E-state index contributed by atoms with van der Waals surface area (Å²) in [5.74, 6) is 4.06. The van der Waals surface area contributed by atoms with Crippen LogP contribution in [0.1, 0.15) is 56.7 Å². The van der Waals surface area contributed by atoms with Crippen molar-refractivity contribution in [3.8, 4) is 18.1 Å². The van der Waals surface area contributed by atoms with E-state index in [-0.39, 0.29) is 5.41 Å². The highest BCUT2D eigenvalue weighted by atomic mass is 16.5. The van der Waals surface area contributed by atoms with E-state index in [0.29, 0.717) is 5.92 Å². The van der Waals surface area contributed by atoms with Crippen LogP contribution >= 0.6 is 0 Å². The van der Waals surface area contributed by atoms with Crippen molar-refractivity contribution in [1.29, 1.82) is 0 Å². The minimum Gasteiger partial charge on any atom is -0.496 e. The third-order valence-electron chi connectivity index (χ3n) is 3.23. The summed E-state index contributed by atoms with van der Waals surface area (Å²) >= 11 is 0. The highest BCUT2D eigenvalue weighted by Crippen LogP contribution is 2.39. The first-order valence-corrected chi connectivity index (χ1v) is 6.43. The Hall–Kier alpha value is -1.42. The molecule has 1 nitrogen and oxygen atoms in total. The third-order valence-corrected chi connectivity index (χ3v) is 3.23. The average Bonchev–Trinajstić information content (AvgIpc) is 2.27. The molecule has 0 aliphatic heterocycles. The van der Waals surface area contributed by atoms with Gasteiger partial charge in [-0.3, -0.25) is 0 Å². The van der Waals surface area contributed by atoms with Crippen LogP contribution in [0.4, 0.5) is 0 Å². The fraction of sp³-hybridized carbons (Fsp3) is 0.529. The summed E-state index contributed by atoms with van der Waals surface area (Å²) in [5, 5.41) is 0. The predicted molar refractivity (Wildman–Crippen MR) is 78.3 cm³/mol. The zero-order valence-electron chi connectivity index (χ0n) is 12.4. The molecule has 0 aliphatic carbocycles. The quantitative estimate of drug-likeness (QED) is 0.715. The number of ether oxygens (including phenoxy) is 1. The summed E-state index contributed by atoms with van der Waals surface area (Å²) in [5.41, 5.74) is 3.81. The second-order valence-corrected chi connectivity index (χ2v) is 5.99. The molecular weight excluding hydrogens is 220 g/mol. The zero-order valence-corrected chi connectivity index (χ0v) is 12.4. The van der Waals surface area contributed by atoms with E-state index in [1.807, 2.05) is 0 Å². The maximum atomic E-state index is 5.66. The van der Waals surface area contributed by atoms with E-state index in [0.717, 1.165) is 12.2 Å². The number of aryl methyl sites for hydroxylation is 1. The predicted octanol–water partition coefficient (Wildman–Crippen LogP) is 4.43. The van der Waals surface area contributed by atoms with Gasteiger partial charge in [-0.1, -0.05) is 45.4 Å². The maximum absolute atomic E-state index is 5.66. The minimum absolute atomic E-state index is 0.0714. The third kappa shape index (κ3) is 3.07. The van der Waals surface area contributed by atoms with Crippen LogP contribution in [0.25, 0.3) is 0 Å². The summed E-state index contributed by atoms with van der Waals surface area (Å²) in [6.45, 7) is 10.9. The first-order valence-electron chi connectivity index (χ1n) is 6.43. The molecule has 0 fully saturated rings. The Balaban J connectivity index is 3.44. The molecule has 0 bridgehead atoms. The van der Waals surface area contributed by atoms with E-state index in [1.165, 1.54) is 16.7 Å². The van der Waals surface area contributed by atoms with Gasteiger partial charge in [0.15, 0.2) is 0 Å². The largest absolute Gasteiger partial charge is 0.496 e. The van der Waals surface area contributed by atoms with Crippen molar-refractivity contribution < 1.29 is 4.74 Å². The maximum Gasteiger partial charge on any atom is 0.126 e. The Bertz CT molecular complexity index is 458. The molecule has 0 saturated heterocycles. The lowest BCUT2D eigenvalue weighted by Gasteiger charge is -2.26. The molecule has 98 valence electrons. The van der Waals surface area contributed by atoms with E-state index in [4.69, 9.17) is 11.2 Å². The molecule has 0 aliphatic rings. The van der Waals surface area contributed by atoms with E-state index in [9.17, 15) is 0 Å². The molecule has 1 rings (SSSR count). The second kappa shape index (κ2) is 5.48. The van der Waals surface area contributed by atoms with Gasteiger partial charge in [0.25, 0.3) is 0 Å². The van der Waals surface area contributed by atoms with Crippen molar-refractivity contribution in [3.63, 3.8) is 0 Å². The lowest BCUT2D eigenvalue weighted by molar-refractivity contribution is 0.389. The van der Waals surface area contributed by atoms with Gasteiger partial charge in [-0.2, -0.15) is 0 Å². The summed E-state index contributed by atoms with van der Waals surface area (Å²) in [4.78, 5) is 0. The van der Waals surface area contributed by atoms with Crippen LogP contribution in [0.3, 0.4) is 0 Å². The van der Waals surface area contributed by atoms with E-state index >= 15 is 0 Å². The molecule has 1 aromatic rings. The van der Waals surface area contributed by atoms with Crippen molar-refractivity contribution in [2.24, 2.45) is 0 Å². The van der Waals surface area contributed by atoms with Crippen LogP contribution in [0.5, 0.6) is 5.75 Å². The van der Waals surface area contributed by atoms with Gasteiger partial charge in [0.1, 0.15) is 5.75 Å². The summed E-state index contributed by atoms with van der Waals surface area (Å²) in [6.07, 6.45) is 6.17. The molecule has 1 unspecified atom stereocenters. The SMILES string of the molecule is C#CCC(C)c1cc(C)cc(C(C)(C)C)c1OC. The number of hydrogen-bond donors (Lipinski definition) is 0. The van der Waals surface area contributed by atoms with Crippen LogP contribution in [0.2, 0.25) is 0 Å². The normalized spacial score (nSPS) is 12.9. The van der Waals surface area contributed by atoms with Gasteiger partial charge < -0.3 is 4.74 Å². The van der Waals surface area contributed by atoms with Crippen molar-refractivity contribution in [2.45, 2.75) is 52.4 Å². The lowest BCUT2D eigenvalue weighted by atomic mass is 9.82. The lowest BCUT2D eigenvalue weighted by Crippen LogP contribution is -2.15. The van der Waals surface area contributed by atoms with Gasteiger partial charge in [0, 0.05) is 12.0 Å². The van der Waals surface area contributed by atoms with Crippen LogP contribution < -0.4 is 4.74 Å². The molecule has 1 heteroatoms. The van der Waals surface area contributed by atoms with Gasteiger partial charge in [0.05, 0.1) is 7.11 Å². The molecule has 0 spiro atoms. The summed E-state index contributed by atoms with van der Waals surface area (Å²) in [6, 6.07) is 4.40. The molecular formula is C17H24O. The van der Waals surface area contributed by atoms with Crippen molar-refractivity contribution in [3.05, 3.63) is 28.8 Å². The molecule has 18 heavy (non-hydrogen) atoms. The molecule has 1 aromatic carbocycles. The molecule has 0 aromatic heterocycles. The standard InChI is InChI=1S/C17H24O/c1-8-9-13(3)14-10-12(2)11-15(16(14)18-7)17(4,5)6/h1,10-11,13H,9H2,2-7H3. The van der Waals surface area contributed by atoms with Crippen molar-refractivity contribution in [1.82, 2.24) is 0 Å². The topological polar surface area (TPSA) is 9.23 Å². The molecule has 1 atom stereocenters. The van der Waals surface area contributed by atoms with Gasteiger partial charge in [0.2, 0.25) is 0 Å². The first-order chi connectivity index (χ1) is 8.31. The van der Waals surface area contributed by atoms with Crippen molar-refractivity contribution in [2.75, 3.05) is 7.11 Å². The van der Waals surface area contributed by atoms with Crippen molar-refractivity contribution >= 4 is 0 Å². The summed E-state index contributed by atoms with van der Waals surface area (Å²) in [7, 11) is 1.74. The molecule has 0 saturated carbocycles. The van der Waals surface area contributed by atoms with Gasteiger partial charge in [-0.25, -0.2) is 0 Å². The number of methoxy groups -OCH3 is 1. The highest BCUT2D eigenvalue weighted by molar-refractivity contribution is 5.49. The molecule has 0 heterocycles. The number of hydrogen-bond acceptors (Lipinski definition) is 1. The van der Waals surface area contributed by atoms with E-state index < -0.39 is 0 Å². The van der Waals surface area contributed by atoms with Crippen LogP contribution in [-0.2, 0) is 5.41 Å². The van der Waals surface area contributed by atoms with Gasteiger partial charge in [-0.15, -0.1) is 12.3 Å². The Morgan fingerprint density at radius 3 is 2.39 bits per heavy atom. The fourth-order valence-electron chi connectivity index (χ4n) is 2.24. The van der Waals surface area contributed by atoms with Gasteiger partial charge >= 0.3 is 0 Å². The highest BCUT2D eigenvalue weighted by Gasteiger charge is 2.23. The van der Waals surface area contributed by atoms with Gasteiger partial charge in [-0.05, 0) is 23.8 Å². The van der Waals surface area contributed by atoms with E-state index in [1.54, 1.807) is 7.11 Å². The summed E-state index contributed by atoms with van der Waals surface area (Å²) < 4.78 is 5.66. The number of rotatable bonds is 3. The van der Waals surface area contributed by atoms with Crippen LogP contribution in [-0.4, -0.2) is 7.11 Å². The Kier molecular flexibility index (Phi) is 4.46. The van der Waals surface area contributed by atoms with Crippen LogP contribution in [0, 0.1) is 19.3 Å². The monoisotopic (exact) mass is 244 g/mol. The number of benzene rings is 1. The number of terminal acetylenes is 1. The van der Waals surface area contributed by atoms with Crippen LogP contribution in [0.15, 0.2) is 12.1 Å². The first kappa shape index (κ1) is 14.6. The second-order valence-electron chi connectivity index (χ2n) is 5.99. The average molecular weight is 244 g/mol. The molecule has 0 N–H and O–H groups in total. The smallest absolute Gasteiger partial charge is 0.126 e. The Morgan fingerprint density at radius 2 is 1.94 bits per heavy atom. The Labute approximate surface area is 112 Å². The molecule has 0 radical (unpaired) electrons. The fourth-order valence-corrected chi connectivity index (χ4v) is 2.24. The zero-order chi connectivity index (χ0) is 13.9. The molecule has 0 amide bonds. The minimum atomic E-state index is 0.0714.